The van der Waals surface area contributed by atoms with Crippen molar-refractivity contribution in [2.45, 2.75) is 19.9 Å². The van der Waals surface area contributed by atoms with E-state index >= 15 is 0 Å². The number of H-pyrrole nitrogens is 1. The molecule has 0 aliphatic carbocycles. The summed E-state index contributed by atoms with van der Waals surface area (Å²) in [6.07, 6.45) is -2.52. The highest BCUT2D eigenvalue weighted by Crippen LogP contribution is 2.17. The van der Waals surface area contributed by atoms with Gasteiger partial charge in [-0.25, -0.2) is 8.78 Å². The molecule has 0 fully saturated rings. The third kappa shape index (κ3) is 2.79. The van der Waals surface area contributed by atoms with Crippen LogP contribution in [0.15, 0.2) is 30.3 Å². The number of aromatic amines is 1. The lowest BCUT2D eigenvalue weighted by molar-refractivity contribution is 0.145. The van der Waals surface area contributed by atoms with Crippen molar-refractivity contribution in [3.05, 3.63) is 51.8 Å². The van der Waals surface area contributed by atoms with Crippen molar-refractivity contribution in [1.29, 1.82) is 0 Å². The van der Waals surface area contributed by atoms with Crippen molar-refractivity contribution in [3.63, 3.8) is 0 Å². The first-order chi connectivity index (χ1) is 8.06. The summed E-state index contributed by atoms with van der Waals surface area (Å²) in [5, 5.41) is 2.61. The molecule has 1 aromatic carbocycles. The predicted molar refractivity (Wildman–Crippen MR) is 64.9 cm³/mol. The predicted octanol–water partition coefficient (Wildman–Crippen LogP) is 3.84. The van der Waals surface area contributed by atoms with Crippen LogP contribution in [0.3, 0.4) is 0 Å². The number of benzene rings is 1. The lowest BCUT2D eigenvalue weighted by atomic mass is 10.1. The van der Waals surface area contributed by atoms with E-state index in [0.717, 1.165) is 11.1 Å². The molecule has 1 aromatic heterocycles. The van der Waals surface area contributed by atoms with Gasteiger partial charge in [-0.2, -0.15) is 0 Å². The van der Waals surface area contributed by atoms with Gasteiger partial charge in [0, 0.05) is 6.07 Å². The average Bonchev–Trinajstić information content (AvgIpc) is 2.64. The summed E-state index contributed by atoms with van der Waals surface area (Å²) in [4.78, 5) is 0. The fourth-order valence-corrected chi connectivity index (χ4v) is 1.80. The van der Waals surface area contributed by atoms with Crippen LogP contribution in [-0.2, 0) is 6.54 Å². The fraction of sp³-hybridized carbons (Fsp3) is 0.250. The Morgan fingerprint density at radius 1 is 1.29 bits per heavy atom. The van der Waals surface area contributed by atoms with Crippen LogP contribution in [0.25, 0.3) is 0 Å². The van der Waals surface area contributed by atoms with E-state index in [2.05, 4.69) is 5.10 Å². The molecular formula is C12H12F2N2S. The minimum Gasteiger partial charge on any atom is -0.296 e. The molecular weight excluding hydrogens is 242 g/mol. The lowest BCUT2D eigenvalue weighted by Gasteiger charge is -2.04. The SMILES string of the molecule is Cc1ccc(Cn2[nH]c(C(F)F)cc2=S)cc1. The molecule has 2 aromatic rings. The standard InChI is InChI=1S/C12H12F2N2S/c1-8-2-4-9(5-3-8)7-16-11(17)6-10(15-16)12(13)14/h2-6,12,15H,7H2,1H3. The second-order valence-corrected chi connectivity index (χ2v) is 4.34. The van der Waals surface area contributed by atoms with Crippen LogP contribution in [0.2, 0.25) is 0 Å². The summed E-state index contributed by atoms with van der Waals surface area (Å²) in [6, 6.07) is 9.18. The number of alkyl halides is 2. The van der Waals surface area contributed by atoms with E-state index in [4.69, 9.17) is 12.2 Å². The number of aryl methyl sites for hydroxylation is 1. The monoisotopic (exact) mass is 254 g/mol. The Hall–Kier alpha value is -1.49. The summed E-state index contributed by atoms with van der Waals surface area (Å²) in [5.74, 6) is 0. The van der Waals surface area contributed by atoms with Crippen LogP contribution >= 0.6 is 12.2 Å². The van der Waals surface area contributed by atoms with E-state index in [1.165, 1.54) is 6.07 Å². The van der Waals surface area contributed by atoms with E-state index in [9.17, 15) is 8.78 Å². The van der Waals surface area contributed by atoms with Crippen LogP contribution in [0.5, 0.6) is 0 Å². The van der Waals surface area contributed by atoms with Crippen molar-refractivity contribution in [3.8, 4) is 0 Å². The molecule has 17 heavy (non-hydrogen) atoms. The van der Waals surface area contributed by atoms with Crippen molar-refractivity contribution >= 4 is 12.2 Å². The van der Waals surface area contributed by atoms with Crippen molar-refractivity contribution < 1.29 is 8.78 Å². The topological polar surface area (TPSA) is 20.7 Å². The van der Waals surface area contributed by atoms with Gasteiger partial charge in [-0.05, 0) is 12.5 Å². The molecule has 0 saturated heterocycles. The first-order valence-corrected chi connectivity index (χ1v) is 5.60. The van der Waals surface area contributed by atoms with Gasteiger partial charge in [0.1, 0.15) is 10.3 Å². The molecule has 0 radical (unpaired) electrons. The highest BCUT2D eigenvalue weighted by Gasteiger charge is 2.10. The van der Waals surface area contributed by atoms with E-state index in [-0.39, 0.29) is 5.69 Å². The highest BCUT2D eigenvalue weighted by atomic mass is 32.1. The van der Waals surface area contributed by atoms with Gasteiger partial charge in [0.05, 0.1) is 6.54 Å². The van der Waals surface area contributed by atoms with Crippen molar-refractivity contribution in [1.82, 2.24) is 9.78 Å². The maximum Gasteiger partial charge on any atom is 0.279 e. The maximum atomic E-state index is 12.5. The molecule has 2 rings (SSSR count). The number of aromatic nitrogens is 2. The van der Waals surface area contributed by atoms with Crippen LogP contribution in [0.4, 0.5) is 8.78 Å². The third-order valence-corrected chi connectivity index (χ3v) is 2.84. The molecule has 0 spiro atoms. The first-order valence-electron chi connectivity index (χ1n) is 5.19. The van der Waals surface area contributed by atoms with Gasteiger partial charge >= 0.3 is 0 Å². The van der Waals surface area contributed by atoms with Gasteiger partial charge in [-0.3, -0.25) is 9.78 Å². The van der Waals surface area contributed by atoms with Crippen molar-refractivity contribution in [2.75, 3.05) is 0 Å². The summed E-state index contributed by atoms with van der Waals surface area (Å²) in [6.45, 7) is 2.48. The minimum absolute atomic E-state index is 0.137. The molecule has 0 saturated carbocycles. The van der Waals surface area contributed by atoms with Crippen LogP contribution in [0.1, 0.15) is 23.2 Å². The number of nitrogens with zero attached hydrogens (tertiary/aromatic N) is 1. The molecule has 2 nitrogen and oxygen atoms in total. The molecule has 1 N–H and O–H groups in total. The van der Waals surface area contributed by atoms with E-state index in [1.54, 1.807) is 4.68 Å². The Morgan fingerprint density at radius 2 is 1.94 bits per heavy atom. The van der Waals surface area contributed by atoms with Gasteiger partial charge in [0.2, 0.25) is 0 Å². The molecule has 0 aliphatic rings. The molecule has 0 unspecified atom stereocenters. The molecule has 90 valence electrons. The summed E-state index contributed by atoms with van der Waals surface area (Å²) in [7, 11) is 0. The number of rotatable bonds is 3. The van der Waals surface area contributed by atoms with Crippen LogP contribution in [0, 0.1) is 11.6 Å². The van der Waals surface area contributed by atoms with Crippen molar-refractivity contribution in [2.24, 2.45) is 0 Å². The van der Waals surface area contributed by atoms with Gasteiger partial charge in [0.25, 0.3) is 6.43 Å². The molecule has 1 heterocycles. The Morgan fingerprint density at radius 3 is 2.47 bits per heavy atom. The van der Waals surface area contributed by atoms with Crippen LogP contribution < -0.4 is 0 Å². The fourth-order valence-electron chi connectivity index (χ4n) is 1.56. The van der Waals surface area contributed by atoms with Gasteiger partial charge in [-0.15, -0.1) is 0 Å². The third-order valence-electron chi connectivity index (χ3n) is 2.51. The summed E-state index contributed by atoms with van der Waals surface area (Å²) >= 11 is 5.02. The second-order valence-electron chi connectivity index (χ2n) is 3.92. The Bertz CT molecular complexity index is 555. The smallest absolute Gasteiger partial charge is 0.279 e. The molecule has 0 amide bonds. The maximum absolute atomic E-state index is 12.5. The zero-order valence-electron chi connectivity index (χ0n) is 9.28. The minimum atomic E-state index is -2.52. The number of hydrogen-bond donors (Lipinski definition) is 1. The molecule has 0 aliphatic heterocycles. The van der Waals surface area contributed by atoms with Gasteiger partial charge < -0.3 is 0 Å². The Balaban J connectivity index is 2.24. The normalized spacial score (nSPS) is 11.1. The largest absolute Gasteiger partial charge is 0.296 e. The molecule has 5 heteroatoms. The Kier molecular flexibility index (Phi) is 3.38. The van der Waals surface area contributed by atoms with E-state index < -0.39 is 6.43 Å². The van der Waals surface area contributed by atoms with E-state index in [1.807, 2.05) is 31.2 Å². The Labute approximate surface area is 103 Å². The quantitative estimate of drug-likeness (QED) is 0.825. The van der Waals surface area contributed by atoms with Gasteiger partial charge in [-0.1, -0.05) is 42.0 Å². The first kappa shape index (κ1) is 12.0. The number of nitrogens with one attached hydrogen (secondary N) is 1. The summed E-state index contributed by atoms with van der Waals surface area (Å²) < 4.78 is 26.9. The van der Waals surface area contributed by atoms with Crippen LogP contribution in [-0.4, -0.2) is 9.78 Å². The molecule has 0 atom stereocenters. The van der Waals surface area contributed by atoms with E-state index in [0.29, 0.717) is 11.2 Å². The number of halogens is 2. The zero-order valence-corrected chi connectivity index (χ0v) is 10.1. The lowest BCUT2D eigenvalue weighted by Crippen LogP contribution is -2.02. The van der Waals surface area contributed by atoms with Gasteiger partial charge in [0.15, 0.2) is 0 Å². The highest BCUT2D eigenvalue weighted by molar-refractivity contribution is 7.71. The zero-order chi connectivity index (χ0) is 12.4. The summed E-state index contributed by atoms with van der Waals surface area (Å²) in [5.41, 5.74) is 2.05. The second kappa shape index (κ2) is 4.79. The molecule has 0 bridgehead atoms. The number of hydrogen-bond acceptors (Lipinski definition) is 1. The average molecular weight is 254 g/mol.